The Labute approximate surface area is 62.8 Å². The highest BCUT2D eigenvalue weighted by Gasteiger charge is 2.04. The summed E-state index contributed by atoms with van der Waals surface area (Å²) >= 11 is 0. The average Bonchev–Trinajstić information content (AvgIpc) is 1.59. The summed E-state index contributed by atoms with van der Waals surface area (Å²) in [6.07, 6.45) is 0. The van der Waals surface area contributed by atoms with Gasteiger partial charge < -0.3 is 5.11 Å². The summed E-state index contributed by atoms with van der Waals surface area (Å²) < 4.78 is 0. The summed E-state index contributed by atoms with van der Waals surface area (Å²) in [7, 11) is 3.89. The zero-order chi connectivity index (χ0) is 8.20. The van der Waals surface area contributed by atoms with E-state index in [1.807, 2.05) is 19.0 Å². The van der Waals surface area contributed by atoms with E-state index in [0.717, 1.165) is 0 Å². The van der Waals surface area contributed by atoms with E-state index >= 15 is 0 Å². The second-order valence-corrected chi connectivity index (χ2v) is 3.10. The van der Waals surface area contributed by atoms with E-state index in [9.17, 15) is 0 Å². The Bertz CT molecular complexity index is 145. The van der Waals surface area contributed by atoms with E-state index in [4.69, 9.17) is 5.11 Å². The maximum Gasteiger partial charge on any atom is 0.120 e. The summed E-state index contributed by atoms with van der Waals surface area (Å²) in [6.45, 7) is 4.05. The molecule has 0 heterocycles. The molecule has 0 rings (SSSR count). The van der Waals surface area contributed by atoms with Crippen LogP contribution in [0.25, 0.3) is 0 Å². The van der Waals surface area contributed by atoms with Gasteiger partial charge in [0.05, 0.1) is 6.54 Å². The molecular weight excluding hydrogens is 126 g/mol. The van der Waals surface area contributed by atoms with E-state index in [1.54, 1.807) is 13.8 Å². The predicted octanol–water partition coefficient (Wildman–Crippen LogP) is 0.322. The third-order valence-corrected chi connectivity index (χ3v) is 0.790. The molecule has 0 aliphatic heterocycles. The molecule has 0 aromatic carbocycles. The first-order valence-corrected chi connectivity index (χ1v) is 3.29. The first-order chi connectivity index (χ1) is 4.42. The molecule has 0 aromatic rings. The van der Waals surface area contributed by atoms with Crippen LogP contribution in [0.2, 0.25) is 0 Å². The van der Waals surface area contributed by atoms with Crippen molar-refractivity contribution in [2.45, 2.75) is 19.4 Å². The fraction of sp³-hybridized carbons (Fsp3) is 0.750. The van der Waals surface area contributed by atoms with E-state index in [2.05, 4.69) is 11.8 Å². The smallest absolute Gasteiger partial charge is 0.120 e. The summed E-state index contributed by atoms with van der Waals surface area (Å²) in [5, 5.41) is 9.14. The highest BCUT2D eigenvalue weighted by molar-refractivity contribution is 5.10. The van der Waals surface area contributed by atoms with Crippen molar-refractivity contribution in [3.8, 4) is 11.8 Å². The van der Waals surface area contributed by atoms with Crippen LogP contribution in [0.5, 0.6) is 0 Å². The van der Waals surface area contributed by atoms with Crippen LogP contribution in [-0.4, -0.2) is 36.2 Å². The highest BCUT2D eigenvalue weighted by atomic mass is 16.3. The molecule has 2 heteroatoms. The van der Waals surface area contributed by atoms with Gasteiger partial charge >= 0.3 is 0 Å². The number of nitrogens with zero attached hydrogens (tertiary/aromatic N) is 1. The largest absolute Gasteiger partial charge is 0.378 e. The van der Waals surface area contributed by atoms with Crippen molar-refractivity contribution in [1.29, 1.82) is 0 Å². The van der Waals surface area contributed by atoms with E-state index in [-0.39, 0.29) is 0 Å². The van der Waals surface area contributed by atoms with Gasteiger partial charge in [0, 0.05) is 0 Å². The van der Waals surface area contributed by atoms with Gasteiger partial charge in [-0.3, -0.25) is 4.90 Å². The molecule has 0 bridgehead atoms. The van der Waals surface area contributed by atoms with Gasteiger partial charge in [-0.25, -0.2) is 0 Å². The van der Waals surface area contributed by atoms with E-state index in [1.165, 1.54) is 0 Å². The summed E-state index contributed by atoms with van der Waals surface area (Å²) in [5.41, 5.74) is -0.851. The van der Waals surface area contributed by atoms with Crippen LogP contribution in [0.3, 0.4) is 0 Å². The lowest BCUT2D eigenvalue weighted by molar-refractivity contribution is 0.143. The zero-order valence-electron chi connectivity index (χ0n) is 7.10. The normalized spacial score (nSPS) is 11.0. The van der Waals surface area contributed by atoms with Crippen LogP contribution in [0.1, 0.15) is 13.8 Å². The van der Waals surface area contributed by atoms with Crippen LogP contribution in [-0.2, 0) is 0 Å². The number of hydrogen-bond acceptors (Lipinski definition) is 2. The van der Waals surface area contributed by atoms with Gasteiger partial charge in [0.2, 0.25) is 0 Å². The standard InChI is InChI=1S/C8H15NO/c1-8(2,10)6-5-7-9(3)4/h10H,7H2,1-4H3. The van der Waals surface area contributed by atoms with Gasteiger partial charge in [0.25, 0.3) is 0 Å². The maximum absolute atomic E-state index is 9.14. The predicted molar refractivity (Wildman–Crippen MR) is 42.6 cm³/mol. The average molecular weight is 141 g/mol. The van der Waals surface area contributed by atoms with Crippen LogP contribution < -0.4 is 0 Å². The SMILES string of the molecule is CN(C)CC#CC(C)(C)O. The van der Waals surface area contributed by atoms with Crippen LogP contribution in [0, 0.1) is 11.8 Å². The van der Waals surface area contributed by atoms with Gasteiger partial charge in [0.1, 0.15) is 5.60 Å². The molecule has 0 radical (unpaired) electrons. The van der Waals surface area contributed by atoms with Gasteiger partial charge in [-0.05, 0) is 27.9 Å². The molecule has 0 aliphatic rings. The Balaban J connectivity index is 3.71. The molecule has 0 atom stereocenters. The third kappa shape index (κ3) is 7.48. The molecular formula is C8H15NO. The zero-order valence-corrected chi connectivity index (χ0v) is 7.10. The van der Waals surface area contributed by atoms with Crippen LogP contribution in [0.4, 0.5) is 0 Å². The van der Waals surface area contributed by atoms with Crippen molar-refractivity contribution in [3.05, 3.63) is 0 Å². The molecule has 2 nitrogen and oxygen atoms in total. The molecule has 0 aromatic heterocycles. The fourth-order valence-electron chi connectivity index (χ4n) is 0.414. The monoisotopic (exact) mass is 141 g/mol. The molecule has 0 saturated heterocycles. The van der Waals surface area contributed by atoms with Gasteiger partial charge in [-0.2, -0.15) is 0 Å². The first-order valence-electron chi connectivity index (χ1n) is 3.29. The lowest BCUT2D eigenvalue weighted by Crippen LogP contribution is -2.17. The summed E-state index contributed by atoms with van der Waals surface area (Å²) in [6, 6.07) is 0. The molecule has 0 unspecified atom stereocenters. The van der Waals surface area contributed by atoms with Crippen LogP contribution >= 0.6 is 0 Å². The van der Waals surface area contributed by atoms with Crippen molar-refractivity contribution >= 4 is 0 Å². The minimum Gasteiger partial charge on any atom is -0.378 e. The van der Waals surface area contributed by atoms with E-state index < -0.39 is 5.60 Å². The van der Waals surface area contributed by atoms with Crippen molar-refractivity contribution < 1.29 is 5.11 Å². The van der Waals surface area contributed by atoms with Gasteiger partial charge in [0.15, 0.2) is 0 Å². The number of aliphatic hydroxyl groups is 1. The number of rotatable bonds is 1. The quantitative estimate of drug-likeness (QED) is 0.532. The Morgan fingerprint density at radius 2 is 1.90 bits per heavy atom. The molecule has 0 saturated carbocycles. The third-order valence-electron chi connectivity index (χ3n) is 0.790. The minimum absolute atomic E-state index is 0.698. The molecule has 0 amide bonds. The topological polar surface area (TPSA) is 23.5 Å². The minimum atomic E-state index is -0.851. The fourth-order valence-corrected chi connectivity index (χ4v) is 0.414. The van der Waals surface area contributed by atoms with E-state index in [0.29, 0.717) is 6.54 Å². The van der Waals surface area contributed by atoms with Gasteiger partial charge in [-0.1, -0.05) is 11.8 Å². The Kier molecular flexibility index (Phi) is 3.41. The summed E-state index contributed by atoms with van der Waals surface area (Å²) in [4.78, 5) is 1.96. The van der Waals surface area contributed by atoms with Gasteiger partial charge in [-0.15, -0.1) is 0 Å². The number of hydrogen-bond donors (Lipinski definition) is 1. The molecule has 0 spiro atoms. The maximum atomic E-state index is 9.14. The molecule has 1 N–H and O–H groups in total. The Hall–Kier alpha value is -0.520. The lowest BCUT2D eigenvalue weighted by atomic mass is 10.1. The first kappa shape index (κ1) is 9.48. The van der Waals surface area contributed by atoms with Crippen molar-refractivity contribution in [1.82, 2.24) is 4.90 Å². The Morgan fingerprint density at radius 3 is 2.20 bits per heavy atom. The van der Waals surface area contributed by atoms with Crippen LogP contribution in [0.15, 0.2) is 0 Å². The summed E-state index contributed by atoms with van der Waals surface area (Å²) in [5.74, 6) is 5.57. The Morgan fingerprint density at radius 1 is 1.40 bits per heavy atom. The van der Waals surface area contributed by atoms with Crippen molar-refractivity contribution in [3.63, 3.8) is 0 Å². The second-order valence-electron chi connectivity index (χ2n) is 3.10. The molecule has 10 heavy (non-hydrogen) atoms. The molecule has 58 valence electrons. The molecule has 0 aliphatic carbocycles. The van der Waals surface area contributed by atoms with Crippen molar-refractivity contribution in [2.24, 2.45) is 0 Å². The molecule has 0 fully saturated rings. The van der Waals surface area contributed by atoms with Crippen molar-refractivity contribution in [2.75, 3.05) is 20.6 Å². The lowest BCUT2D eigenvalue weighted by Gasteiger charge is -2.07. The highest BCUT2D eigenvalue weighted by Crippen LogP contribution is 1.95. The second kappa shape index (κ2) is 3.60.